The molecule has 0 aliphatic heterocycles. The third kappa shape index (κ3) is 8.66. The van der Waals surface area contributed by atoms with Crippen LogP contribution in [-0.4, -0.2) is 66.1 Å². The second kappa shape index (κ2) is 12.1. The van der Waals surface area contributed by atoms with E-state index in [0.717, 1.165) is 29.1 Å². The lowest BCUT2D eigenvalue weighted by atomic mass is 10.1. The molecule has 0 saturated carbocycles. The summed E-state index contributed by atoms with van der Waals surface area (Å²) in [6, 6.07) is 14.6. The minimum atomic E-state index is -0.595. The molecule has 9 heteroatoms. The molecule has 190 valence electrons. The van der Waals surface area contributed by atoms with E-state index in [1.165, 1.54) is 0 Å². The van der Waals surface area contributed by atoms with Crippen molar-refractivity contribution >= 4 is 23.5 Å². The molecule has 3 aromatic rings. The molecule has 1 amide bonds. The van der Waals surface area contributed by atoms with E-state index in [4.69, 9.17) is 9.47 Å². The van der Waals surface area contributed by atoms with Gasteiger partial charge in [0, 0.05) is 35.8 Å². The quantitative estimate of drug-likeness (QED) is 0.412. The molecular weight excluding hydrogens is 458 g/mol. The first kappa shape index (κ1) is 26.6. The number of amides is 1. The molecule has 0 unspecified atom stereocenters. The third-order valence-electron chi connectivity index (χ3n) is 4.86. The molecule has 9 nitrogen and oxygen atoms in total. The van der Waals surface area contributed by atoms with Crippen molar-refractivity contribution in [3.05, 3.63) is 66.5 Å². The van der Waals surface area contributed by atoms with Crippen molar-refractivity contribution in [2.45, 2.75) is 26.4 Å². The summed E-state index contributed by atoms with van der Waals surface area (Å²) in [5.41, 5.74) is 2.37. The molecule has 2 N–H and O–H groups in total. The summed E-state index contributed by atoms with van der Waals surface area (Å²) in [4.78, 5) is 34.9. The maximum absolute atomic E-state index is 12.3. The van der Waals surface area contributed by atoms with Gasteiger partial charge in [0.05, 0.1) is 0 Å². The summed E-state index contributed by atoms with van der Waals surface area (Å²) in [5, 5.41) is 5.74. The van der Waals surface area contributed by atoms with Gasteiger partial charge in [-0.2, -0.15) is 0 Å². The zero-order valence-electron chi connectivity index (χ0n) is 21.4. The highest BCUT2D eigenvalue weighted by Crippen LogP contribution is 2.21. The van der Waals surface area contributed by atoms with Crippen molar-refractivity contribution in [1.29, 1.82) is 0 Å². The van der Waals surface area contributed by atoms with E-state index in [9.17, 15) is 9.59 Å². The summed E-state index contributed by atoms with van der Waals surface area (Å²) in [6.45, 7) is 6.62. The van der Waals surface area contributed by atoms with Gasteiger partial charge in [-0.1, -0.05) is 12.1 Å². The largest absolute Gasteiger partial charge is 0.492 e. The van der Waals surface area contributed by atoms with Crippen LogP contribution < -0.4 is 15.4 Å². The Morgan fingerprint density at radius 3 is 2.14 bits per heavy atom. The van der Waals surface area contributed by atoms with E-state index < -0.39 is 11.6 Å². The van der Waals surface area contributed by atoms with Crippen LogP contribution in [0.2, 0.25) is 0 Å². The number of nitrogens with one attached hydrogen (secondary N) is 2. The molecule has 0 aliphatic rings. The van der Waals surface area contributed by atoms with Gasteiger partial charge in [0.15, 0.2) is 0 Å². The predicted molar refractivity (Wildman–Crippen MR) is 139 cm³/mol. The van der Waals surface area contributed by atoms with Gasteiger partial charge in [-0.3, -0.25) is 9.59 Å². The lowest BCUT2D eigenvalue weighted by Crippen LogP contribution is -2.34. The highest BCUT2D eigenvalue weighted by Gasteiger charge is 2.17. The number of esters is 1. The fourth-order valence-corrected chi connectivity index (χ4v) is 3.10. The van der Waals surface area contributed by atoms with Crippen LogP contribution in [0, 0.1) is 0 Å². The average Bonchev–Trinajstić information content (AvgIpc) is 2.83. The number of carbonyl (C=O) groups is 2. The van der Waals surface area contributed by atoms with Gasteiger partial charge in [0.25, 0.3) is 5.91 Å². The summed E-state index contributed by atoms with van der Waals surface area (Å²) in [6.07, 6.45) is 3.43. The SMILES string of the molecule is CN(C)CCOc1ccc(Nc2ncc(-c3ccc(C(=O)NCC(=O)OC(C)(C)C)cc3)cn2)cc1. The molecule has 1 aromatic heterocycles. The van der Waals surface area contributed by atoms with Gasteiger partial charge >= 0.3 is 5.97 Å². The van der Waals surface area contributed by atoms with E-state index in [1.54, 1.807) is 45.3 Å². The van der Waals surface area contributed by atoms with E-state index in [2.05, 4.69) is 25.5 Å². The van der Waals surface area contributed by atoms with Crippen LogP contribution in [0.5, 0.6) is 5.75 Å². The predicted octanol–water partition coefficient (Wildman–Crippen LogP) is 3.90. The number of aromatic nitrogens is 2. The smallest absolute Gasteiger partial charge is 0.325 e. The van der Waals surface area contributed by atoms with Crippen molar-refractivity contribution in [3.8, 4) is 16.9 Å². The Labute approximate surface area is 211 Å². The Morgan fingerprint density at radius 1 is 0.917 bits per heavy atom. The average molecular weight is 492 g/mol. The van der Waals surface area contributed by atoms with Crippen LogP contribution in [0.4, 0.5) is 11.6 Å². The first-order valence-electron chi connectivity index (χ1n) is 11.7. The maximum Gasteiger partial charge on any atom is 0.325 e. The second-order valence-electron chi connectivity index (χ2n) is 9.44. The number of nitrogens with zero attached hydrogens (tertiary/aromatic N) is 3. The lowest BCUT2D eigenvalue weighted by Gasteiger charge is -2.19. The Hall–Kier alpha value is -3.98. The van der Waals surface area contributed by atoms with Crippen LogP contribution in [0.3, 0.4) is 0 Å². The minimum Gasteiger partial charge on any atom is -0.492 e. The molecule has 1 heterocycles. The van der Waals surface area contributed by atoms with Crippen molar-refractivity contribution < 1.29 is 19.1 Å². The first-order valence-corrected chi connectivity index (χ1v) is 11.7. The number of hydrogen-bond donors (Lipinski definition) is 2. The van der Waals surface area contributed by atoms with Crippen molar-refractivity contribution in [1.82, 2.24) is 20.2 Å². The topological polar surface area (TPSA) is 106 Å². The van der Waals surface area contributed by atoms with Gasteiger partial charge in [-0.15, -0.1) is 0 Å². The minimum absolute atomic E-state index is 0.188. The summed E-state index contributed by atoms with van der Waals surface area (Å²) < 4.78 is 10.9. The zero-order chi connectivity index (χ0) is 26.1. The Kier molecular flexibility index (Phi) is 8.97. The van der Waals surface area contributed by atoms with Gasteiger partial charge in [-0.25, -0.2) is 9.97 Å². The second-order valence-corrected chi connectivity index (χ2v) is 9.44. The molecule has 0 atom stereocenters. The number of ether oxygens (including phenoxy) is 2. The van der Waals surface area contributed by atoms with Crippen LogP contribution in [-0.2, 0) is 9.53 Å². The van der Waals surface area contributed by atoms with E-state index in [0.29, 0.717) is 18.1 Å². The Bertz CT molecular complexity index is 1140. The molecule has 0 fully saturated rings. The number of hydrogen-bond acceptors (Lipinski definition) is 8. The molecular formula is C27H33N5O4. The number of anilines is 2. The van der Waals surface area contributed by atoms with Crippen LogP contribution in [0.15, 0.2) is 60.9 Å². The lowest BCUT2D eigenvalue weighted by molar-refractivity contribution is -0.153. The van der Waals surface area contributed by atoms with Crippen LogP contribution in [0.1, 0.15) is 31.1 Å². The molecule has 0 spiro atoms. The Balaban J connectivity index is 1.52. The highest BCUT2D eigenvalue weighted by molar-refractivity contribution is 5.96. The molecule has 0 aliphatic carbocycles. The normalized spacial score (nSPS) is 11.2. The molecule has 0 bridgehead atoms. The van der Waals surface area contributed by atoms with E-state index in [1.807, 2.05) is 50.5 Å². The third-order valence-corrected chi connectivity index (χ3v) is 4.86. The Morgan fingerprint density at radius 2 is 1.56 bits per heavy atom. The monoisotopic (exact) mass is 491 g/mol. The summed E-state index contributed by atoms with van der Waals surface area (Å²) >= 11 is 0. The number of likely N-dealkylation sites (N-methyl/N-ethyl adjacent to an activating group) is 1. The zero-order valence-corrected chi connectivity index (χ0v) is 21.4. The van der Waals surface area contributed by atoms with E-state index >= 15 is 0 Å². The van der Waals surface area contributed by atoms with Crippen LogP contribution in [0.25, 0.3) is 11.1 Å². The van der Waals surface area contributed by atoms with Gasteiger partial charge in [0.2, 0.25) is 5.95 Å². The van der Waals surface area contributed by atoms with Gasteiger partial charge in [-0.05, 0) is 76.8 Å². The van der Waals surface area contributed by atoms with E-state index in [-0.39, 0.29) is 12.5 Å². The summed E-state index contributed by atoms with van der Waals surface area (Å²) in [7, 11) is 4.01. The first-order chi connectivity index (χ1) is 17.1. The molecule has 3 rings (SSSR count). The molecule has 0 saturated heterocycles. The highest BCUT2D eigenvalue weighted by atomic mass is 16.6. The number of rotatable bonds is 10. The maximum atomic E-state index is 12.3. The van der Waals surface area contributed by atoms with Crippen LogP contribution >= 0.6 is 0 Å². The fourth-order valence-electron chi connectivity index (χ4n) is 3.10. The van der Waals surface area contributed by atoms with Crippen molar-refractivity contribution in [2.75, 3.05) is 39.1 Å². The molecule has 36 heavy (non-hydrogen) atoms. The number of carbonyl (C=O) groups excluding carboxylic acids is 2. The molecule has 0 radical (unpaired) electrons. The van der Waals surface area contributed by atoms with Gasteiger partial charge < -0.3 is 25.0 Å². The fraction of sp³-hybridized carbons (Fsp3) is 0.333. The summed E-state index contributed by atoms with van der Waals surface area (Å²) in [5.74, 6) is 0.443. The molecule has 2 aromatic carbocycles. The standard InChI is InChI=1S/C27H33N5O4/c1-27(2,3)36-24(33)18-28-25(34)20-8-6-19(7-9-20)21-16-29-26(30-17-21)31-22-10-12-23(13-11-22)35-15-14-32(4)5/h6-13,16-17H,14-15,18H2,1-5H3,(H,28,34)(H,29,30,31). The van der Waals surface area contributed by atoms with Crippen molar-refractivity contribution in [3.63, 3.8) is 0 Å². The van der Waals surface area contributed by atoms with Crippen molar-refractivity contribution in [2.24, 2.45) is 0 Å². The van der Waals surface area contributed by atoms with Gasteiger partial charge in [0.1, 0.15) is 24.5 Å². The number of benzene rings is 2.